The molecule has 0 amide bonds. The largest absolute Gasteiger partial charge is 0.373 e. The van der Waals surface area contributed by atoms with Gasteiger partial charge in [0.05, 0.1) is 19.3 Å². The van der Waals surface area contributed by atoms with Gasteiger partial charge in [0.1, 0.15) is 6.10 Å². The quantitative estimate of drug-likeness (QED) is 0.351. The minimum absolute atomic E-state index is 0.116. The minimum atomic E-state index is 0.116. The van der Waals surface area contributed by atoms with E-state index in [1.807, 2.05) is 0 Å². The van der Waals surface area contributed by atoms with Crippen LogP contribution in [0.1, 0.15) is 120 Å². The summed E-state index contributed by atoms with van der Waals surface area (Å²) < 4.78 is 12.1. The Hall–Kier alpha value is -0.860. The molecule has 1 heterocycles. The van der Waals surface area contributed by atoms with Crippen LogP contribution < -0.4 is 0 Å². The van der Waals surface area contributed by atoms with E-state index in [9.17, 15) is 0 Å². The molecule has 1 aliphatic heterocycles. The van der Waals surface area contributed by atoms with Gasteiger partial charge in [0, 0.05) is 0 Å². The summed E-state index contributed by atoms with van der Waals surface area (Å²) in [5.41, 5.74) is 2.82. The molecule has 1 aromatic rings. The Morgan fingerprint density at radius 2 is 1.38 bits per heavy atom. The van der Waals surface area contributed by atoms with Crippen LogP contribution in [0.3, 0.4) is 0 Å². The van der Waals surface area contributed by atoms with Gasteiger partial charge >= 0.3 is 0 Å². The van der Waals surface area contributed by atoms with Crippen molar-refractivity contribution in [3.63, 3.8) is 0 Å². The zero-order valence-electron chi connectivity index (χ0n) is 19.0. The van der Waals surface area contributed by atoms with Crippen LogP contribution in [0.15, 0.2) is 24.3 Å². The molecular formula is C27H44O2. The van der Waals surface area contributed by atoms with Crippen molar-refractivity contribution in [2.24, 2.45) is 5.92 Å². The molecule has 0 aromatic heterocycles. The second-order valence-corrected chi connectivity index (χ2v) is 9.51. The van der Waals surface area contributed by atoms with E-state index in [2.05, 4.69) is 38.1 Å². The van der Waals surface area contributed by atoms with E-state index in [0.717, 1.165) is 24.9 Å². The molecule has 0 bridgehead atoms. The SMILES string of the molecule is CCCCCCCC1CCC(c2ccc(C3COC(CCCC)CO3)cc2)CC1. The second-order valence-electron chi connectivity index (χ2n) is 9.51. The van der Waals surface area contributed by atoms with Crippen molar-refractivity contribution >= 4 is 0 Å². The van der Waals surface area contributed by atoms with Gasteiger partial charge in [-0.3, -0.25) is 0 Å². The normalized spacial score (nSPS) is 27.8. The monoisotopic (exact) mass is 400 g/mol. The molecular weight excluding hydrogens is 356 g/mol. The number of benzene rings is 1. The Morgan fingerprint density at radius 1 is 0.690 bits per heavy atom. The van der Waals surface area contributed by atoms with Crippen LogP contribution in [-0.4, -0.2) is 19.3 Å². The Kier molecular flexibility index (Phi) is 10.0. The number of unbranched alkanes of at least 4 members (excludes halogenated alkanes) is 5. The van der Waals surface area contributed by atoms with Crippen molar-refractivity contribution < 1.29 is 9.47 Å². The lowest BCUT2D eigenvalue weighted by Gasteiger charge is -2.31. The molecule has 0 N–H and O–H groups in total. The van der Waals surface area contributed by atoms with E-state index in [4.69, 9.17) is 9.47 Å². The van der Waals surface area contributed by atoms with Gasteiger partial charge in [-0.2, -0.15) is 0 Å². The van der Waals surface area contributed by atoms with E-state index in [0.29, 0.717) is 12.7 Å². The fourth-order valence-electron chi connectivity index (χ4n) is 5.14. The lowest BCUT2D eigenvalue weighted by Crippen LogP contribution is -2.31. The molecule has 3 rings (SSSR count). The summed E-state index contributed by atoms with van der Waals surface area (Å²) >= 11 is 0. The van der Waals surface area contributed by atoms with Gasteiger partial charge < -0.3 is 9.47 Å². The van der Waals surface area contributed by atoms with Gasteiger partial charge in [-0.1, -0.05) is 89.5 Å². The van der Waals surface area contributed by atoms with E-state index in [1.165, 1.54) is 88.2 Å². The number of hydrogen-bond donors (Lipinski definition) is 0. The highest BCUT2D eigenvalue weighted by atomic mass is 16.6. The number of hydrogen-bond acceptors (Lipinski definition) is 2. The Balaban J connectivity index is 1.38. The summed E-state index contributed by atoms with van der Waals surface area (Å²) in [5, 5.41) is 0. The first-order chi connectivity index (χ1) is 14.3. The maximum atomic E-state index is 6.11. The van der Waals surface area contributed by atoms with Gasteiger partial charge in [-0.15, -0.1) is 0 Å². The van der Waals surface area contributed by atoms with Crippen molar-refractivity contribution in [2.45, 2.75) is 115 Å². The molecule has 1 saturated heterocycles. The summed E-state index contributed by atoms with van der Waals surface area (Å²) in [6, 6.07) is 9.29. The molecule has 0 spiro atoms. The van der Waals surface area contributed by atoms with Crippen LogP contribution in [0.4, 0.5) is 0 Å². The molecule has 2 nitrogen and oxygen atoms in total. The predicted molar refractivity (Wildman–Crippen MR) is 122 cm³/mol. The zero-order chi connectivity index (χ0) is 20.3. The lowest BCUT2D eigenvalue weighted by molar-refractivity contribution is -0.137. The first-order valence-corrected chi connectivity index (χ1v) is 12.6. The van der Waals surface area contributed by atoms with Crippen LogP contribution in [-0.2, 0) is 9.47 Å². The van der Waals surface area contributed by atoms with Crippen LogP contribution in [0.2, 0.25) is 0 Å². The van der Waals surface area contributed by atoms with Crippen molar-refractivity contribution in [3.05, 3.63) is 35.4 Å². The summed E-state index contributed by atoms with van der Waals surface area (Å²) in [6.07, 6.45) is 18.2. The van der Waals surface area contributed by atoms with E-state index >= 15 is 0 Å². The van der Waals surface area contributed by atoms with Gasteiger partial charge in [-0.05, 0) is 55.1 Å². The predicted octanol–water partition coefficient (Wildman–Crippen LogP) is 7.97. The van der Waals surface area contributed by atoms with E-state index in [-0.39, 0.29) is 6.10 Å². The van der Waals surface area contributed by atoms with Crippen molar-refractivity contribution in [2.75, 3.05) is 13.2 Å². The van der Waals surface area contributed by atoms with Crippen molar-refractivity contribution in [3.8, 4) is 0 Å². The molecule has 1 aromatic carbocycles. The highest BCUT2D eigenvalue weighted by Gasteiger charge is 2.25. The summed E-state index contributed by atoms with van der Waals surface area (Å²) in [7, 11) is 0. The molecule has 0 radical (unpaired) electrons. The van der Waals surface area contributed by atoms with Crippen molar-refractivity contribution in [1.29, 1.82) is 0 Å². The third-order valence-electron chi connectivity index (χ3n) is 7.19. The molecule has 2 aliphatic rings. The Labute approximate surface area is 179 Å². The number of ether oxygens (including phenoxy) is 2. The van der Waals surface area contributed by atoms with E-state index < -0.39 is 0 Å². The van der Waals surface area contributed by atoms with Gasteiger partial charge in [0.15, 0.2) is 0 Å². The fraction of sp³-hybridized carbons (Fsp3) is 0.778. The molecule has 2 atom stereocenters. The Morgan fingerprint density at radius 3 is 2.03 bits per heavy atom. The molecule has 2 heteroatoms. The van der Waals surface area contributed by atoms with Crippen LogP contribution in [0.5, 0.6) is 0 Å². The van der Waals surface area contributed by atoms with Crippen LogP contribution in [0, 0.1) is 5.92 Å². The fourth-order valence-corrected chi connectivity index (χ4v) is 5.14. The molecule has 29 heavy (non-hydrogen) atoms. The molecule has 164 valence electrons. The summed E-state index contributed by atoms with van der Waals surface area (Å²) in [4.78, 5) is 0. The highest BCUT2D eigenvalue weighted by molar-refractivity contribution is 5.27. The smallest absolute Gasteiger partial charge is 0.106 e. The van der Waals surface area contributed by atoms with Gasteiger partial charge in [-0.25, -0.2) is 0 Å². The summed E-state index contributed by atoms with van der Waals surface area (Å²) in [5.74, 6) is 1.75. The minimum Gasteiger partial charge on any atom is -0.373 e. The molecule has 2 unspecified atom stereocenters. The van der Waals surface area contributed by atoms with Crippen LogP contribution >= 0.6 is 0 Å². The number of rotatable bonds is 11. The molecule has 1 aliphatic carbocycles. The highest BCUT2D eigenvalue weighted by Crippen LogP contribution is 2.38. The Bertz CT molecular complexity index is 536. The van der Waals surface area contributed by atoms with Gasteiger partial charge in [0.2, 0.25) is 0 Å². The third-order valence-corrected chi connectivity index (χ3v) is 7.19. The zero-order valence-corrected chi connectivity index (χ0v) is 19.0. The topological polar surface area (TPSA) is 18.5 Å². The first kappa shape index (κ1) is 22.8. The second kappa shape index (κ2) is 12.7. The average molecular weight is 401 g/mol. The maximum absolute atomic E-state index is 6.11. The van der Waals surface area contributed by atoms with E-state index in [1.54, 1.807) is 0 Å². The summed E-state index contributed by atoms with van der Waals surface area (Å²) in [6.45, 7) is 5.98. The van der Waals surface area contributed by atoms with Crippen LogP contribution in [0.25, 0.3) is 0 Å². The first-order valence-electron chi connectivity index (χ1n) is 12.6. The molecule has 2 fully saturated rings. The van der Waals surface area contributed by atoms with Crippen molar-refractivity contribution in [1.82, 2.24) is 0 Å². The van der Waals surface area contributed by atoms with Gasteiger partial charge in [0.25, 0.3) is 0 Å². The third kappa shape index (κ3) is 7.40. The standard InChI is InChI=1S/C27H44O2/c1-3-5-7-8-9-10-22-12-14-23(15-13-22)24-16-18-25(19-17-24)27-21-28-26(20-29-27)11-6-4-2/h16-19,22-23,26-27H,3-15,20-21H2,1-2H3. The lowest BCUT2D eigenvalue weighted by atomic mass is 9.77. The average Bonchev–Trinajstić information content (AvgIpc) is 2.78. The molecule has 1 saturated carbocycles. The maximum Gasteiger partial charge on any atom is 0.106 e.